The summed E-state index contributed by atoms with van der Waals surface area (Å²) in [6.07, 6.45) is 3.34. The Kier molecular flexibility index (Phi) is 7.28. The first-order valence-electron chi connectivity index (χ1n) is 11.5. The Hall–Kier alpha value is -2.93. The van der Waals surface area contributed by atoms with Gasteiger partial charge < -0.3 is 28.6 Å². The molecule has 0 amide bonds. The number of nitrogens with one attached hydrogen (secondary N) is 1. The Balaban J connectivity index is 1.33. The maximum absolute atomic E-state index is 12.8. The molecule has 0 bridgehead atoms. The molecular weight excluding hydrogens is 422 g/mol. The van der Waals surface area contributed by atoms with E-state index in [1.165, 1.54) is 39.9 Å². The minimum absolute atomic E-state index is 0.369. The Labute approximate surface area is 195 Å². The van der Waals surface area contributed by atoms with Crippen LogP contribution in [-0.2, 0) is 4.74 Å². The molecule has 0 saturated carbocycles. The molecule has 0 aliphatic carbocycles. The maximum atomic E-state index is 12.8. The van der Waals surface area contributed by atoms with Crippen LogP contribution < -0.4 is 23.8 Å². The van der Waals surface area contributed by atoms with Crippen molar-refractivity contribution in [2.75, 3.05) is 48.1 Å². The number of benzene rings is 2. The second-order valence-corrected chi connectivity index (χ2v) is 8.92. The third-order valence-electron chi connectivity index (χ3n) is 7.08. The highest BCUT2D eigenvalue weighted by atomic mass is 16.5. The molecule has 2 aliphatic rings. The number of fused-ring (bicyclic) bond motifs is 1. The average Bonchev–Trinajstić information content (AvgIpc) is 3.29. The quantitative estimate of drug-likeness (QED) is 0.616. The van der Waals surface area contributed by atoms with E-state index in [-0.39, 0.29) is 5.97 Å². The van der Waals surface area contributed by atoms with Crippen molar-refractivity contribution >= 4 is 5.97 Å². The zero-order chi connectivity index (χ0) is 23.4. The monoisotopic (exact) mass is 456 g/mol. The van der Waals surface area contributed by atoms with E-state index in [9.17, 15) is 4.79 Å². The average molecular weight is 457 g/mol. The molecule has 0 aromatic heterocycles. The van der Waals surface area contributed by atoms with Gasteiger partial charge in [-0.2, -0.15) is 0 Å². The highest BCUT2D eigenvalue weighted by Crippen LogP contribution is 2.38. The van der Waals surface area contributed by atoms with Gasteiger partial charge in [0, 0.05) is 31.1 Å². The fraction of sp³-hybridized carbons (Fsp3) is 0.500. The molecule has 0 radical (unpaired) electrons. The van der Waals surface area contributed by atoms with E-state index in [0.29, 0.717) is 47.3 Å². The van der Waals surface area contributed by atoms with Crippen LogP contribution in [0.5, 0.6) is 23.0 Å². The molecule has 2 fully saturated rings. The minimum atomic E-state index is -0.369. The number of ether oxygens (including phenoxy) is 5. The summed E-state index contributed by atoms with van der Waals surface area (Å²) in [6.45, 7) is 2.74. The number of carbonyl (C=O) groups excluding carboxylic acids is 1. The van der Waals surface area contributed by atoms with Crippen LogP contribution >= 0.6 is 0 Å². The van der Waals surface area contributed by atoms with Crippen molar-refractivity contribution in [2.24, 2.45) is 5.92 Å². The van der Waals surface area contributed by atoms with Gasteiger partial charge in [0.05, 0.1) is 59.7 Å². The number of hydrogen-bond donors (Lipinski definition) is 1. The van der Waals surface area contributed by atoms with Gasteiger partial charge in [-0.25, -0.2) is 4.79 Å². The molecule has 2 aromatic carbocycles. The van der Waals surface area contributed by atoms with E-state index in [1.807, 2.05) is 12.1 Å². The van der Waals surface area contributed by atoms with Crippen LogP contribution in [0.1, 0.15) is 41.1 Å². The molecule has 2 aromatic rings. The van der Waals surface area contributed by atoms with Gasteiger partial charge in [-0.1, -0.05) is 12.1 Å². The number of quaternary nitrogens is 1. The van der Waals surface area contributed by atoms with Crippen LogP contribution in [0.4, 0.5) is 0 Å². The molecule has 7 nitrogen and oxygen atoms in total. The van der Waals surface area contributed by atoms with Crippen LogP contribution in [0.3, 0.4) is 0 Å². The summed E-state index contributed by atoms with van der Waals surface area (Å²) in [5, 5.41) is 0. The number of esters is 1. The van der Waals surface area contributed by atoms with E-state index in [2.05, 4.69) is 12.1 Å². The fourth-order valence-electron chi connectivity index (χ4n) is 5.31. The van der Waals surface area contributed by atoms with Gasteiger partial charge in [-0.15, -0.1) is 0 Å². The van der Waals surface area contributed by atoms with Crippen LogP contribution in [0.25, 0.3) is 0 Å². The lowest BCUT2D eigenvalue weighted by molar-refractivity contribution is -0.919. The first-order valence-corrected chi connectivity index (χ1v) is 11.5. The summed E-state index contributed by atoms with van der Waals surface area (Å²) in [4.78, 5) is 14.4. The van der Waals surface area contributed by atoms with Crippen molar-refractivity contribution in [2.45, 2.75) is 31.2 Å². The topological polar surface area (TPSA) is 67.7 Å². The highest BCUT2D eigenvalue weighted by Gasteiger charge is 2.41. The van der Waals surface area contributed by atoms with Crippen LogP contribution in [0, 0.1) is 5.92 Å². The summed E-state index contributed by atoms with van der Waals surface area (Å²) < 4.78 is 27.0. The predicted molar refractivity (Wildman–Crippen MR) is 124 cm³/mol. The van der Waals surface area contributed by atoms with Gasteiger partial charge in [-0.3, -0.25) is 0 Å². The lowest BCUT2D eigenvalue weighted by atomic mass is 9.89. The van der Waals surface area contributed by atoms with Gasteiger partial charge in [0.15, 0.2) is 11.5 Å². The van der Waals surface area contributed by atoms with Crippen molar-refractivity contribution in [3.63, 3.8) is 0 Å². The molecule has 4 unspecified atom stereocenters. The fourth-order valence-corrected chi connectivity index (χ4v) is 5.31. The molecule has 33 heavy (non-hydrogen) atoms. The van der Waals surface area contributed by atoms with Gasteiger partial charge in [-0.05, 0) is 29.8 Å². The SMILES string of the molecule is COc1ccc(C2CC3CC(COC(=O)c4cc(OC)c(OC)c(OC)c4)CC[NH+]3C2)cc1. The van der Waals surface area contributed by atoms with Gasteiger partial charge >= 0.3 is 5.97 Å². The Bertz CT molecular complexity index is 935. The number of piperidine rings is 1. The molecule has 2 heterocycles. The zero-order valence-electron chi connectivity index (χ0n) is 19.9. The molecule has 4 atom stereocenters. The molecule has 7 heteroatoms. The summed E-state index contributed by atoms with van der Waals surface area (Å²) in [5.41, 5.74) is 1.79. The van der Waals surface area contributed by atoms with E-state index in [4.69, 9.17) is 23.7 Å². The molecule has 2 aliphatic heterocycles. The lowest BCUT2D eigenvalue weighted by Crippen LogP contribution is -3.14. The number of carbonyl (C=O) groups is 1. The van der Waals surface area contributed by atoms with Crippen molar-refractivity contribution in [3.8, 4) is 23.0 Å². The molecule has 1 N–H and O–H groups in total. The van der Waals surface area contributed by atoms with Crippen LogP contribution in [0.15, 0.2) is 36.4 Å². The van der Waals surface area contributed by atoms with E-state index < -0.39 is 0 Å². The van der Waals surface area contributed by atoms with E-state index >= 15 is 0 Å². The summed E-state index contributed by atoms with van der Waals surface area (Å²) >= 11 is 0. The molecule has 4 rings (SSSR count). The van der Waals surface area contributed by atoms with Crippen LogP contribution in [-0.4, -0.2) is 60.1 Å². The molecular formula is C26H34NO6+. The number of rotatable bonds is 8. The van der Waals surface area contributed by atoms with Gasteiger partial charge in [0.2, 0.25) is 5.75 Å². The third-order valence-corrected chi connectivity index (χ3v) is 7.08. The van der Waals surface area contributed by atoms with Crippen LogP contribution in [0.2, 0.25) is 0 Å². The van der Waals surface area contributed by atoms with Crippen molar-refractivity contribution in [1.82, 2.24) is 0 Å². The normalized spacial score (nSPS) is 24.0. The Morgan fingerprint density at radius 2 is 1.64 bits per heavy atom. The van der Waals surface area contributed by atoms with Crippen molar-refractivity contribution in [3.05, 3.63) is 47.5 Å². The Morgan fingerprint density at radius 3 is 2.24 bits per heavy atom. The minimum Gasteiger partial charge on any atom is -0.497 e. The van der Waals surface area contributed by atoms with Crippen molar-refractivity contribution < 1.29 is 33.4 Å². The van der Waals surface area contributed by atoms with Gasteiger partial charge in [0.1, 0.15) is 5.75 Å². The molecule has 178 valence electrons. The second-order valence-electron chi connectivity index (χ2n) is 8.92. The van der Waals surface area contributed by atoms with E-state index in [1.54, 1.807) is 24.1 Å². The zero-order valence-corrected chi connectivity index (χ0v) is 19.9. The summed E-state index contributed by atoms with van der Waals surface area (Å²) in [5.74, 6) is 2.84. The van der Waals surface area contributed by atoms with Gasteiger partial charge in [0.25, 0.3) is 0 Å². The highest BCUT2D eigenvalue weighted by molar-refractivity contribution is 5.91. The number of hydrogen-bond acceptors (Lipinski definition) is 6. The summed E-state index contributed by atoms with van der Waals surface area (Å²) in [7, 11) is 6.30. The predicted octanol–water partition coefficient (Wildman–Crippen LogP) is 2.73. The number of methoxy groups -OCH3 is 4. The first kappa shape index (κ1) is 23.2. The first-order chi connectivity index (χ1) is 16.1. The van der Waals surface area contributed by atoms with Crippen molar-refractivity contribution in [1.29, 1.82) is 0 Å². The molecule has 0 spiro atoms. The maximum Gasteiger partial charge on any atom is 0.338 e. The Morgan fingerprint density at radius 1 is 0.939 bits per heavy atom. The molecule has 2 saturated heterocycles. The smallest absolute Gasteiger partial charge is 0.338 e. The lowest BCUT2D eigenvalue weighted by Gasteiger charge is -2.31. The standard InChI is InChI=1S/C26H33NO6/c1-29-22-7-5-18(6-8-22)20-12-21-11-17(9-10-27(21)15-20)16-33-26(28)19-13-23(30-2)25(32-4)24(14-19)31-3/h5-8,13-14,17,20-21H,9-12,15-16H2,1-4H3/p+1. The largest absolute Gasteiger partial charge is 0.497 e. The summed E-state index contributed by atoms with van der Waals surface area (Å²) in [6, 6.07) is 12.4. The van der Waals surface area contributed by atoms with E-state index in [0.717, 1.165) is 25.1 Å². The second kappa shape index (κ2) is 10.3. The third kappa shape index (κ3) is 5.03.